The van der Waals surface area contributed by atoms with Crippen molar-refractivity contribution in [3.63, 3.8) is 0 Å². The van der Waals surface area contributed by atoms with Gasteiger partial charge in [-0.15, -0.1) is 0 Å². The van der Waals surface area contributed by atoms with E-state index in [9.17, 15) is 13.6 Å². The predicted molar refractivity (Wildman–Crippen MR) is 84.2 cm³/mol. The Morgan fingerprint density at radius 3 is 2.57 bits per heavy atom. The normalized spacial score (nSPS) is 19.2. The van der Waals surface area contributed by atoms with Gasteiger partial charge in [-0.05, 0) is 48.2 Å². The summed E-state index contributed by atoms with van der Waals surface area (Å²) in [5.41, 5.74) is 1.75. The Bertz CT molecular complexity index is 705. The van der Waals surface area contributed by atoms with Gasteiger partial charge in [0.1, 0.15) is 11.6 Å². The van der Waals surface area contributed by atoms with Gasteiger partial charge in [-0.2, -0.15) is 0 Å². The Labute approximate surface area is 133 Å². The number of carbonyl (C=O) groups excluding carboxylic acids is 1. The van der Waals surface area contributed by atoms with Gasteiger partial charge in [0.25, 0.3) is 0 Å². The topological polar surface area (TPSA) is 41.1 Å². The van der Waals surface area contributed by atoms with E-state index in [1.165, 1.54) is 24.3 Å². The van der Waals surface area contributed by atoms with Crippen LogP contribution in [0.4, 0.5) is 13.6 Å². The number of amides is 2. The molecule has 2 aromatic carbocycles. The number of hydrogen-bond acceptors (Lipinski definition) is 1. The standard InChI is InChI=1S/C18H18F2N2O/c19-14-5-1-3-12(9-14)7-8-21-18(23)22-17-11-16(17)13-4-2-6-15(20)10-13/h1-6,9-10,16-17H,7-8,11H2,(H2,21,22,23). The van der Waals surface area contributed by atoms with Crippen LogP contribution in [0.2, 0.25) is 0 Å². The largest absolute Gasteiger partial charge is 0.338 e. The fourth-order valence-electron chi connectivity index (χ4n) is 2.69. The maximum Gasteiger partial charge on any atom is 0.315 e. The minimum absolute atomic E-state index is 0.0472. The number of hydrogen-bond donors (Lipinski definition) is 2. The molecule has 120 valence electrons. The van der Waals surface area contributed by atoms with Crippen LogP contribution in [0.1, 0.15) is 23.5 Å². The van der Waals surface area contributed by atoms with Gasteiger partial charge < -0.3 is 10.6 Å². The summed E-state index contributed by atoms with van der Waals surface area (Å²) in [6, 6.07) is 12.6. The highest BCUT2D eigenvalue weighted by Crippen LogP contribution is 2.40. The first-order valence-electron chi connectivity index (χ1n) is 7.66. The maximum absolute atomic E-state index is 13.2. The molecule has 0 saturated heterocycles. The molecule has 1 aliphatic carbocycles. The Morgan fingerprint density at radius 2 is 1.83 bits per heavy atom. The summed E-state index contributed by atoms with van der Waals surface area (Å²) in [6.45, 7) is 0.437. The Balaban J connectivity index is 1.41. The van der Waals surface area contributed by atoms with Crippen LogP contribution in [0.5, 0.6) is 0 Å². The second-order valence-corrected chi connectivity index (χ2v) is 5.78. The van der Waals surface area contributed by atoms with E-state index in [0.29, 0.717) is 13.0 Å². The van der Waals surface area contributed by atoms with Crippen molar-refractivity contribution in [1.29, 1.82) is 0 Å². The second kappa shape index (κ2) is 6.77. The van der Waals surface area contributed by atoms with E-state index >= 15 is 0 Å². The van der Waals surface area contributed by atoms with Gasteiger partial charge >= 0.3 is 6.03 Å². The lowest BCUT2D eigenvalue weighted by Crippen LogP contribution is -2.38. The van der Waals surface area contributed by atoms with Crippen LogP contribution < -0.4 is 10.6 Å². The van der Waals surface area contributed by atoms with E-state index in [1.54, 1.807) is 12.1 Å². The molecule has 2 atom stereocenters. The van der Waals surface area contributed by atoms with Crippen LogP contribution >= 0.6 is 0 Å². The predicted octanol–water partition coefficient (Wildman–Crippen LogP) is 3.36. The van der Waals surface area contributed by atoms with E-state index in [2.05, 4.69) is 10.6 Å². The molecule has 3 rings (SSSR count). The van der Waals surface area contributed by atoms with E-state index in [1.807, 2.05) is 12.1 Å². The summed E-state index contributed by atoms with van der Waals surface area (Å²) in [4.78, 5) is 11.8. The third-order valence-corrected chi connectivity index (χ3v) is 3.97. The van der Waals surface area contributed by atoms with Crippen LogP contribution in [0.15, 0.2) is 48.5 Å². The van der Waals surface area contributed by atoms with Crippen LogP contribution in [-0.4, -0.2) is 18.6 Å². The summed E-state index contributed by atoms with van der Waals surface area (Å²) in [5, 5.41) is 5.63. The van der Waals surface area contributed by atoms with Crippen molar-refractivity contribution in [1.82, 2.24) is 10.6 Å². The molecule has 2 aromatic rings. The third kappa shape index (κ3) is 4.28. The van der Waals surface area contributed by atoms with Gasteiger partial charge in [0.2, 0.25) is 0 Å². The fraction of sp³-hybridized carbons (Fsp3) is 0.278. The maximum atomic E-state index is 13.2. The molecule has 5 heteroatoms. The molecule has 2 amide bonds. The smallest absolute Gasteiger partial charge is 0.315 e. The summed E-state index contributed by atoms with van der Waals surface area (Å²) in [7, 11) is 0. The first-order chi connectivity index (χ1) is 11.1. The van der Waals surface area contributed by atoms with Crippen molar-refractivity contribution in [2.24, 2.45) is 0 Å². The number of urea groups is 1. The molecule has 1 saturated carbocycles. The molecule has 3 nitrogen and oxygen atoms in total. The van der Waals surface area contributed by atoms with Crippen molar-refractivity contribution in [2.45, 2.75) is 24.8 Å². The molecule has 23 heavy (non-hydrogen) atoms. The minimum atomic E-state index is -0.275. The molecule has 1 aliphatic rings. The number of benzene rings is 2. The first kappa shape index (κ1) is 15.5. The van der Waals surface area contributed by atoms with Crippen LogP contribution in [0.25, 0.3) is 0 Å². The summed E-state index contributed by atoms with van der Waals surface area (Å²) in [6.07, 6.45) is 1.39. The number of nitrogens with one attached hydrogen (secondary N) is 2. The van der Waals surface area contributed by atoms with Gasteiger partial charge in [-0.3, -0.25) is 0 Å². The van der Waals surface area contributed by atoms with Gasteiger partial charge in [-0.1, -0.05) is 24.3 Å². The second-order valence-electron chi connectivity index (χ2n) is 5.78. The fourth-order valence-corrected chi connectivity index (χ4v) is 2.69. The average molecular weight is 316 g/mol. The Morgan fingerprint density at radius 1 is 1.09 bits per heavy atom. The zero-order valence-corrected chi connectivity index (χ0v) is 12.6. The monoisotopic (exact) mass is 316 g/mol. The highest BCUT2D eigenvalue weighted by Gasteiger charge is 2.39. The van der Waals surface area contributed by atoms with Crippen molar-refractivity contribution in [2.75, 3.05) is 6.54 Å². The Kier molecular flexibility index (Phi) is 4.55. The lowest BCUT2D eigenvalue weighted by atomic mass is 10.1. The minimum Gasteiger partial charge on any atom is -0.338 e. The first-order valence-corrected chi connectivity index (χ1v) is 7.66. The quantitative estimate of drug-likeness (QED) is 0.872. The van der Waals surface area contributed by atoms with Crippen LogP contribution in [-0.2, 0) is 6.42 Å². The lowest BCUT2D eigenvalue weighted by molar-refractivity contribution is 0.240. The van der Waals surface area contributed by atoms with Crippen molar-refractivity contribution in [3.8, 4) is 0 Å². The molecule has 0 heterocycles. The van der Waals surface area contributed by atoms with Gasteiger partial charge in [0.15, 0.2) is 0 Å². The Hall–Kier alpha value is -2.43. The zero-order valence-electron chi connectivity index (χ0n) is 12.6. The van der Waals surface area contributed by atoms with Gasteiger partial charge in [0.05, 0.1) is 0 Å². The lowest BCUT2D eigenvalue weighted by Gasteiger charge is -2.08. The molecule has 0 aliphatic heterocycles. The molecular formula is C18H18F2N2O. The molecule has 0 bridgehead atoms. The molecule has 2 unspecified atom stereocenters. The van der Waals surface area contributed by atoms with Gasteiger partial charge in [-0.25, -0.2) is 13.6 Å². The number of rotatable bonds is 5. The van der Waals surface area contributed by atoms with E-state index in [4.69, 9.17) is 0 Å². The van der Waals surface area contributed by atoms with E-state index in [0.717, 1.165) is 17.5 Å². The van der Waals surface area contributed by atoms with Gasteiger partial charge in [0, 0.05) is 18.5 Å². The number of carbonyl (C=O) groups is 1. The highest BCUT2D eigenvalue weighted by molar-refractivity contribution is 5.74. The SMILES string of the molecule is O=C(NCCc1cccc(F)c1)NC1CC1c1cccc(F)c1. The zero-order chi connectivity index (χ0) is 16.2. The summed E-state index contributed by atoms with van der Waals surface area (Å²) < 4.78 is 26.2. The number of halogens is 2. The van der Waals surface area contributed by atoms with Crippen molar-refractivity contribution < 1.29 is 13.6 Å². The molecule has 0 aromatic heterocycles. The van der Waals surface area contributed by atoms with E-state index < -0.39 is 0 Å². The molecule has 2 N–H and O–H groups in total. The molecular weight excluding hydrogens is 298 g/mol. The average Bonchev–Trinajstić information content (AvgIpc) is 3.26. The van der Waals surface area contributed by atoms with Crippen LogP contribution in [0.3, 0.4) is 0 Å². The summed E-state index contributed by atoms with van der Waals surface area (Å²) >= 11 is 0. The van der Waals surface area contributed by atoms with Crippen molar-refractivity contribution in [3.05, 3.63) is 71.3 Å². The van der Waals surface area contributed by atoms with Crippen molar-refractivity contribution >= 4 is 6.03 Å². The third-order valence-electron chi connectivity index (χ3n) is 3.97. The molecule has 0 spiro atoms. The summed E-state index contributed by atoms with van der Waals surface area (Å²) in [5.74, 6) is -0.352. The highest BCUT2D eigenvalue weighted by atomic mass is 19.1. The van der Waals surface area contributed by atoms with E-state index in [-0.39, 0.29) is 29.6 Å². The van der Waals surface area contributed by atoms with Crippen LogP contribution in [0, 0.1) is 11.6 Å². The molecule has 0 radical (unpaired) electrons. The molecule has 1 fully saturated rings.